The minimum absolute atomic E-state index is 0.0313. The van der Waals surface area contributed by atoms with Gasteiger partial charge in [0.25, 0.3) is 5.56 Å². The summed E-state index contributed by atoms with van der Waals surface area (Å²) in [4.78, 5) is 16.7. The zero-order valence-electron chi connectivity index (χ0n) is 10.8. The minimum Gasteiger partial charge on any atom is -0.469 e. The number of aryl methyl sites for hydroxylation is 1. The van der Waals surface area contributed by atoms with Gasteiger partial charge >= 0.3 is 6.18 Å². The third-order valence-electron chi connectivity index (χ3n) is 3.14. The van der Waals surface area contributed by atoms with E-state index in [1.165, 1.54) is 17.1 Å². The van der Waals surface area contributed by atoms with Crippen molar-refractivity contribution in [1.82, 2.24) is 8.94 Å². The topological polar surface area (TPSA) is 48.0 Å². The van der Waals surface area contributed by atoms with E-state index in [0.717, 1.165) is 11.5 Å². The summed E-state index contributed by atoms with van der Waals surface area (Å²) in [6.45, 7) is 1.26. The number of hydrogen-bond acceptors (Lipinski definition) is 4. The van der Waals surface area contributed by atoms with Crippen LogP contribution in [0.1, 0.15) is 16.9 Å². The molecule has 0 saturated heterocycles. The summed E-state index contributed by atoms with van der Waals surface area (Å²) in [5.74, 6) is 0.152. The van der Waals surface area contributed by atoms with Crippen molar-refractivity contribution < 1.29 is 17.6 Å². The summed E-state index contributed by atoms with van der Waals surface area (Å²) in [7, 11) is 0. The summed E-state index contributed by atoms with van der Waals surface area (Å²) in [5, 5.41) is 0.400. The number of rotatable bonds is 2. The maximum absolute atomic E-state index is 12.9. The van der Waals surface area contributed by atoms with E-state index in [4.69, 9.17) is 4.42 Å². The molecule has 3 aromatic heterocycles. The van der Waals surface area contributed by atoms with Crippen LogP contribution < -0.4 is 5.56 Å². The highest BCUT2D eigenvalue weighted by Crippen LogP contribution is 2.35. The van der Waals surface area contributed by atoms with Gasteiger partial charge in [0.1, 0.15) is 16.9 Å². The van der Waals surface area contributed by atoms with Crippen LogP contribution in [0, 0.1) is 6.92 Å². The van der Waals surface area contributed by atoms with Gasteiger partial charge < -0.3 is 4.42 Å². The number of alkyl halides is 3. The van der Waals surface area contributed by atoms with E-state index in [1.54, 1.807) is 12.1 Å². The molecule has 0 spiro atoms. The van der Waals surface area contributed by atoms with Crippen LogP contribution in [0.25, 0.3) is 10.2 Å². The molecule has 3 aromatic rings. The van der Waals surface area contributed by atoms with Crippen molar-refractivity contribution in [2.45, 2.75) is 19.6 Å². The first kappa shape index (κ1) is 13.9. The predicted octanol–water partition coefficient (Wildman–Crippen LogP) is 3.43. The molecule has 110 valence electrons. The number of pyridine rings is 1. The van der Waals surface area contributed by atoms with Gasteiger partial charge in [0.05, 0.1) is 17.5 Å². The molecule has 0 radical (unpaired) electrons. The molecule has 0 saturated carbocycles. The Hall–Kier alpha value is -2.09. The number of furan rings is 1. The third-order valence-corrected chi connectivity index (χ3v) is 4.15. The smallest absolute Gasteiger partial charge is 0.419 e. The molecule has 0 aliphatic heterocycles. The summed E-state index contributed by atoms with van der Waals surface area (Å²) in [5.41, 5.74) is -1.23. The van der Waals surface area contributed by atoms with Crippen molar-refractivity contribution in [2.75, 3.05) is 0 Å². The summed E-state index contributed by atoms with van der Waals surface area (Å²) in [6.07, 6.45) is -2.29. The van der Waals surface area contributed by atoms with Gasteiger partial charge in [-0.15, -0.1) is 0 Å². The molecule has 0 N–H and O–H groups in total. The lowest BCUT2D eigenvalue weighted by Crippen LogP contribution is -2.16. The monoisotopic (exact) mass is 314 g/mol. The second kappa shape index (κ2) is 4.73. The quantitative estimate of drug-likeness (QED) is 0.728. The van der Waals surface area contributed by atoms with Crippen LogP contribution in [-0.2, 0) is 12.7 Å². The van der Waals surface area contributed by atoms with Crippen molar-refractivity contribution >= 4 is 21.7 Å². The Labute approximate surface area is 120 Å². The van der Waals surface area contributed by atoms with E-state index in [9.17, 15) is 18.0 Å². The number of halogens is 3. The average Bonchev–Trinajstić information content (AvgIpc) is 2.93. The largest absolute Gasteiger partial charge is 0.469 e. The lowest BCUT2D eigenvalue weighted by atomic mass is 10.1. The van der Waals surface area contributed by atoms with Gasteiger partial charge in [-0.1, -0.05) is 0 Å². The van der Waals surface area contributed by atoms with Crippen LogP contribution in [0.5, 0.6) is 0 Å². The van der Waals surface area contributed by atoms with Crippen molar-refractivity contribution in [3.63, 3.8) is 0 Å². The Morgan fingerprint density at radius 3 is 2.86 bits per heavy atom. The zero-order chi connectivity index (χ0) is 15.2. The molecule has 3 heterocycles. The fourth-order valence-corrected chi connectivity index (χ4v) is 3.01. The van der Waals surface area contributed by atoms with Crippen molar-refractivity contribution in [3.05, 3.63) is 51.8 Å². The van der Waals surface area contributed by atoms with Crippen LogP contribution in [0.15, 0.2) is 33.8 Å². The molecule has 0 fully saturated rings. The summed E-state index contributed by atoms with van der Waals surface area (Å²) in [6, 6.07) is 3.22. The average molecular weight is 314 g/mol. The van der Waals surface area contributed by atoms with Gasteiger partial charge in [-0.3, -0.25) is 8.75 Å². The maximum atomic E-state index is 12.9. The fourth-order valence-electron chi connectivity index (χ4n) is 2.07. The Morgan fingerprint density at radius 1 is 1.43 bits per heavy atom. The zero-order valence-corrected chi connectivity index (χ0v) is 11.6. The van der Waals surface area contributed by atoms with Gasteiger partial charge in [-0.25, -0.2) is 4.98 Å². The molecule has 0 bridgehead atoms. The first-order valence-electron chi connectivity index (χ1n) is 5.97. The van der Waals surface area contributed by atoms with E-state index in [-0.39, 0.29) is 23.4 Å². The predicted molar refractivity (Wildman–Crippen MR) is 71.4 cm³/mol. The molecule has 3 rings (SSSR count). The van der Waals surface area contributed by atoms with Crippen molar-refractivity contribution in [1.29, 1.82) is 0 Å². The Balaban J connectivity index is 2.09. The molecular formula is C13H9F3N2O2S. The van der Waals surface area contributed by atoms with Gasteiger partial charge in [0.2, 0.25) is 0 Å². The maximum Gasteiger partial charge on any atom is 0.419 e. The fraction of sp³-hybridized carbons (Fsp3) is 0.231. The minimum atomic E-state index is -4.51. The van der Waals surface area contributed by atoms with E-state index >= 15 is 0 Å². The number of hydrogen-bond donors (Lipinski definition) is 0. The molecule has 8 heteroatoms. The third kappa shape index (κ3) is 2.35. The van der Waals surface area contributed by atoms with Crippen LogP contribution in [0.2, 0.25) is 0 Å². The molecule has 0 unspecified atom stereocenters. The van der Waals surface area contributed by atoms with Crippen LogP contribution in [0.4, 0.5) is 13.2 Å². The number of nitrogens with zero attached hydrogens (tertiary/aromatic N) is 2. The second-order valence-corrected chi connectivity index (χ2v) is 5.48. The molecule has 0 aliphatic carbocycles. The molecule has 0 amide bonds. The molecule has 0 aliphatic rings. The standard InChI is InChI=1S/C13H9F3N2O2S/c1-7-9(10(6-20-7)13(14,15)16)5-18-12(19)8-3-2-4-17-11(8)21-18/h2-4,6H,5H2,1H3. The molecule has 0 aromatic carbocycles. The Bertz CT molecular complexity index is 860. The van der Waals surface area contributed by atoms with Gasteiger partial charge in [-0.2, -0.15) is 13.2 Å². The second-order valence-electron chi connectivity index (χ2n) is 4.47. The van der Waals surface area contributed by atoms with Crippen LogP contribution in [-0.4, -0.2) is 8.94 Å². The normalized spacial score (nSPS) is 12.2. The van der Waals surface area contributed by atoms with E-state index in [1.807, 2.05) is 0 Å². The highest BCUT2D eigenvalue weighted by atomic mass is 32.1. The number of aromatic nitrogens is 2. The van der Waals surface area contributed by atoms with Crippen molar-refractivity contribution in [3.8, 4) is 0 Å². The summed E-state index contributed by atoms with van der Waals surface area (Å²) < 4.78 is 44.9. The van der Waals surface area contributed by atoms with E-state index in [2.05, 4.69) is 4.98 Å². The van der Waals surface area contributed by atoms with E-state index < -0.39 is 11.7 Å². The SMILES string of the molecule is Cc1occ(C(F)(F)F)c1Cn1sc2ncccc2c1=O. The Kier molecular flexibility index (Phi) is 3.12. The first-order chi connectivity index (χ1) is 9.88. The van der Waals surface area contributed by atoms with Gasteiger partial charge in [-0.05, 0) is 30.6 Å². The van der Waals surface area contributed by atoms with E-state index in [0.29, 0.717) is 16.5 Å². The van der Waals surface area contributed by atoms with Gasteiger partial charge in [0.15, 0.2) is 0 Å². The molecule has 4 nitrogen and oxygen atoms in total. The Morgan fingerprint density at radius 2 is 2.19 bits per heavy atom. The van der Waals surface area contributed by atoms with Crippen LogP contribution >= 0.6 is 11.5 Å². The lowest BCUT2D eigenvalue weighted by molar-refractivity contribution is -0.138. The van der Waals surface area contributed by atoms with Crippen molar-refractivity contribution in [2.24, 2.45) is 0 Å². The highest BCUT2D eigenvalue weighted by molar-refractivity contribution is 7.13. The highest BCUT2D eigenvalue weighted by Gasteiger charge is 2.36. The van der Waals surface area contributed by atoms with Gasteiger partial charge in [0, 0.05) is 11.8 Å². The number of fused-ring (bicyclic) bond motifs is 1. The first-order valence-corrected chi connectivity index (χ1v) is 6.74. The summed E-state index contributed by atoms with van der Waals surface area (Å²) >= 11 is 1.03. The molecular weight excluding hydrogens is 305 g/mol. The molecule has 21 heavy (non-hydrogen) atoms. The van der Waals surface area contributed by atoms with Crippen LogP contribution in [0.3, 0.4) is 0 Å². The molecule has 0 atom stereocenters. The lowest BCUT2D eigenvalue weighted by Gasteiger charge is -2.07.